The van der Waals surface area contributed by atoms with Crippen LogP contribution in [0.5, 0.6) is 11.5 Å². The topological polar surface area (TPSA) is 45.2 Å². The summed E-state index contributed by atoms with van der Waals surface area (Å²) in [5.41, 5.74) is 3.97. The molecule has 0 saturated carbocycles. The summed E-state index contributed by atoms with van der Waals surface area (Å²) in [5, 5.41) is 0. The van der Waals surface area contributed by atoms with Crippen molar-refractivity contribution in [3.8, 4) is 11.5 Å². The number of rotatable bonds is 12. The Labute approximate surface area is 217 Å². The number of benzene rings is 2. The molecule has 0 spiro atoms. The second kappa shape index (κ2) is 12.6. The van der Waals surface area contributed by atoms with E-state index in [1.165, 1.54) is 16.7 Å². The van der Waals surface area contributed by atoms with Crippen LogP contribution < -0.4 is 9.47 Å². The van der Waals surface area contributed by atoms with E-state index in [1.807, 2.05) is 6.07 Å². The van der Waals surface area contributed by atoms with E-state index in [-0.39, 0.29) is 5.91 Å². The number of fused-ring (bicyclic) bond motifs is 1. The van der Waals surface area contributed by atoms with Crippen LogP contribution in [0, 0.1) is 6.92 Å². The van der Waals surface area contributed by atoms with Crippen LogP contribution in [0.15, 0.2) is 42.5 Å². The Morgan fingerprint density at radius 2 is 1.81 bits per heavy atom. The fraction of sp³-hybridized carbons (Fsp3) is 0.567. The molecule has 0 bridgehead atoms. The van der Waals surface area contributed by atoms with E-state index in [1.54, 1.807) is 0 Å². The molecule has 1 saturated heterocycles. The van der Waals surface area contributed by atoms with Gasteiger partial charge in [-0.3, -0.25) is 9.69 Å². The van der Waals surface area contributed by atoms with Crippen molar-refractivity contribution >= 4 is 5.91 Å². The average molecular weight is 494 g/mol. The molecular formula is C30H43N3O3. The fourth-order valence-electron chi connectivity index (χ4n) is 5.45. The number of nitrogens with zero attached hydrogens (tertiary/aromatic N) is 3. The molecular weight excluding hydrogens is 450 g/mol. The van der Waals surface area contributed by atoms with E-state index in [0.717, 1.165) is 69.8 Å². The molecule has 2 aromatic rings. The van der Waals surface area contributed by atoms with Crippen LogP contribution in [-0.4, -0.2) is 80.3 Å². The minimum absolute atomic E-state index is 0.267. The van der Waals surface area contributed by atoms with Gasteiger partial charge in [-0.05, 0) is 88.0 Å². The highest BCUT2D eigenvalue weighted by Gasteiger charge is 2.35. The van der Waals surface area contributed by atoms with E-state index in [0.29, 0.717) is 25.3 Å². The van der Waals surface area contributed by atoms with Crippen LogP contribution in [-0.2, 0) is 11.2 Å². The number of aryl methyl sites for hydroxylation is 1. The van der Waals surface area contributed by atoms with Gasteiger partial charge >= 0.3 is 0 Å². The third-order valence-electron chi connectivity index (χ3n) is 7.62. The van der Waals surface area contributed by atoms with Crippen LogP contribution >= 0.6 is 0 Å². The van der Waals surface area contributed by atoms with E-state index >= 15 is 0 Å². The number of likely N-dealkylation sites (tertiary alicyclic amines) is 1. The second-order valence-electron chi connectivity index (χ2n) is 10.7. The molecule has 2 aromatic carbocycles. The Hall–Kier alpha value is -2.57. The Bertz CT molecular complexity index is 1010. The second-order valence-corrected chi connectivity index (χ2v) is 10.7. The zero-order chi connectivity index (χ0) is 25.5. The summed E-state index contributed by atoms with van der Waals surface area (Å²) in [4.78, 5) is 20.3. The molecule has 2 heterocycles. The van der Waals surface area contributed by atoms with Crippen molar-refractivity contribution in [2.24, 2.45) is 0 Å². The summed E-state index contributed by atoms with van der Waals surface area (Å²) in [5.74, 6) is 2.30. The lowest BCUT2D eigenvalue weighted by Gasteiger charge is -2.29. The monoisotopic (exact) mass is 493 g/mol. The number of hydrogen-bond acceptors (Lipinski definition) is 5. The van der Waals surface area contributed by atoms with Gasteiger partial charge in [-0.25, -0.2) is 0 Å². The molecule has 1 fully saturated rings. The van der Waals surface area contributed by atoms with E-state index < -0.39 is 0 Å². The van der Waals surface area contributed by atoms with Crippen LogP contribution in [0.3, 0.4) is 0 Å². The van der Waals surface area contributed by atoms with Gasteiger partial charge < -0.3 is 19.3 Å². The number of unbranched alkanes of at least 4 members (excludes halogenated alkanes) is 1. The predicted molar refractivity (Wildman–Crippen MR) is 145 cm³/mol. The maximum absolute atomic E-state index is 13.6. The Balaban J connectivity index is 1.49. The van der Waals surface area contributed by atoms with Crippen molar-refractivity contribution in [1.82, 2.24) is 14.7 Å². The van der Waals surface area contributed by atoms with Gasteiger partial charge in [0.1, 0.15) is 0 Å². The third-order valence-corrected chi connectivity index (χ3v) is 7.62. The highest BCUT2D eigenvalue weighted by molar-refractivity contribution is 5.78. The predicted octanol–water partition coefficient (Wildman–Crippen LogP) is 4.70. The number of hydrogen-bond donors (Lipinski definition) is 0. The largest absolute Gasteiger partial charge is 0.454 e. The summed E-state index contributed by atoms with van der Waals surface area (Å²) >= 11 is 0. The maximum Gasteiger partial charge on any atom is 0.236 e. The Morgan fingerprint density at radius 1 is 1.03 bits per heavy atom. The Kier molecular flexibility index (Phi) is 9.27. The number of amides is 1. The lowest BCUT2D eigenvalue weighted by atomic mass is 9.93. The molecule has 2 aliphatic heterocycles. The van der Waals surface area contributed by atoms with Gasteiger partial charge in [-0.1, -0.05) is 43.7 Å². The first kappa shape index (κ1) is 26.5. The van der Waals surface area contributed by atoms with Crippen molar-refractivity contribution in [3.05, 3.63) is 59.2 Å². The van der Waals surface area contributed by atoms with Crippen LogP contribution in [0.4, 0.5) is 0 Å². The SMILES string of the molecule is CCCCN(CCCN(C)C)C(=O)CN1CC(c2ccc3c(c2)OCO3)CC1Cc1ccccc1C. The third kappa shape index (κ3) is 6.80. The molecule has 0 N–H and O–H groups in total. The van der Waals surface area contributed by atoms with Crippen molar-refractivity contribution in [1.29, 1.82) is 0 Å². The lowest BCUT2D eigenvalue weighted by Crippen LogP contribution is -2.44. The quantitative estimate of drug-likeness (QED) is 0.429. The van der Waals surface area contributed by atoms with Crippen molar-refractivity contribution in [3.63, 3.8) is 0 Å². The number of carbonyl (C=O) groups excluding carboxylic acids is 1. The van der Waals surface area contributed by atoms with Gasteiger partial charge in [0, 0.05) is 25.7 Å². The molecule has 6 heteroatoms. The highest BCUT2D eigenvalue weighted by atomic mass is 16.7. The average Bonchev–Trinajstić information content (AvgIpc) is 3.49. The molecule has 1 amide bonds. The molecule has 2 atom stereocenters. The van der Waals surface area contributed by atoms with Gasteiger partial charge in [0.25, 0.3) is 0 Å². The number of ether oxygens (including phenoxy) is 2. The minimum Gasteiger partial charge on any atom is -0.454 e. The normalized spacial score (nSPS) is 19.2. The zero-order valence-corrected chi connectivity index (χ0v) is 22.5. The molecule has 2 aliphatic rings. The number of carbonyl (C=O) groups is 1. The molecule has 0 radical (unpaired) electrons. The summed E-state index contributed by atoms with van der Waals surface area (Å²) in [7, 11) is 4.18. The molecule has 4 rings (SSSR count). The summed E-state index contributed by atoms with van der Waals surface area (Å²) < 4.78 is 11.2. The van der Waals surface area contributed by atoms with E-state index in [4.69, 9.17) is 9.47 Å². The smallest absolute Gasteiger partial charge is 0.236 e. The lowest BCUT2D eigenvalue weighted by molar-refractivity contribution is -0.132. The Morgan fingerprint density at radius 3 is 2.58 bits per heavy atom. The molecule has 6 nitrogen and oxygen atoms in total. The maximum atomic E-state index is 13.6. The highest BCUT2D eigenvalue weighted by Crippen LogP contribution is 2.39. The van der Waals surface area contributed by atoms with Crippen LogP contribution in [0.1, 0.15) is 55.2 Å². The molecule has 2 unspecified atom stereocenters. The van der Waals surface area contributed by atoms with Gasteiger partial charge in [0.15, 0.2) is 11.5 Å². The van der Waals surface area contributed by atoms with Crippen LogP contribution in [0.2, 0.25) is 0 Å². The molecule has 0 aliphatic carbocycles. The van der Waals surface area contributed by atoms with Gasteiger partial charge in [0.05, 0.1) is 6.54 Å². The fourth-order valence-corrected chi connectivity index (χ4v) is 5.45. The first-order valence-electron chi connectivity index (χ1n) is 13.5. The summed E-state index contributed by atoms with van der Waals surface area (Å²) in [6, 6.07) is 15.3. The molecule has 36 heavy (non-hydrogen) atoms. The van der Waals surface area contributed by atoms with Crippen LogP contribution in [0.25, 0.3) is 0 Å². The van der Waals surface area contributed by atoms with E-state index in [9.17, 15) is 4.79 Å². The summed E-state index contributed by atoms with van der Waals surface area (Å²) in [6.07, 6.45) is 5.17. The van der Waals surface area contributed by atoms with E-state index in [2.05, 4.69) is 79.0 Å². The van der Waals surface area contributed by atoms with Crippen molar-refractivity contribution in [2.75, 3.05) is 53.6 Å². The van der Waals surface area contributed by atoms with Crippen molar-refractivity contribution < 1.29 is 14.3 Å². The zero-order valence-electron chi connectivity index (χ0n) is 22.5. The van der Waals surface area contributed by atoms with Gasteiger partial charge in [-0.15, -0.1) is 0 Å². The molecule has 0 aromatic heterocycles. The molecule has 196 valence electrons. The summed E-state index contributed by atoms with van der Waals surface area (Å²) in [6.45, 7) is 8.74. The van der Waals surface area contributed by atoms with Gasteiger partial charge in [0.2, 0.25) is 12.7 Å². The van der Waals surface area contributed by atoms with Crippen molar-refractivity contribution in [2.45, 2.75) is 57.9 Å². The van der Waals surface area contributed by atoms with Gasteiger partial charge in [-0.2, -0.15) is 0 Å². The minimum atomic E-state index is 0.267. The first-order valence-corrected chi connectivity index (χ1v) is 13.5. The standard InChI is InChI=1S/C30H43N3O3/c1-5-6-15-32(16-9-14-31(3)4)30(34)21-33-20-26(25-12-13-28-29(19-25)36-22-35-28)18-27(33)17-24-11-8-7-10-23(24)2/h7-8,10-13,19,26-27H,5-6,9,14-18,20-22H2,1-4H3. The first-order chi connectivity index (χ1) is 17.4.